The molecule has 0 amide bonds. The molecule has 0 saturated heterocycles. The molecule has 0 aliphatic carbocycles. The smallest absolute Gasteiger partial charge is 0.149 e. The minimum absolute atomic E-state index is 0.165. The summed E-state index contributed by atoms with van der Waals surface area (Å²) in [5.74, 6) is 0.938. The van der Waals surface area contributed by atoms with Crippen molar-refractivity contribution < 1.29 is 4.74 Å². The van der Waals surface area contributed by atoms with E-state index >= 15 is 0 Å². The highest BCUT2D eigenvalue weighted by Crippen LogP contribution is 2.10. The Morgan fingerprint density at radius 3 is 2.84 bits per heavy atom. The third-order valence-corrected chi connectivity index (χ3v) is 3.05. The molecule has 2 rings (SSSR count). The number of ether oxygens (including phenoxy) is 1. The monoisotopic (exact) mass is 260 g/mol. The van der Waals surface area contributed by atoms with Crippen molar-refractivity contribution in [1.82, 2.24) is 20.1 Å². The predicted octanol–water partition coefficient (Wildman–Crippen LogP) is 1.81. The van der Waals surface area contributed by atoms with Gasteiger partial charge in [-0.3, -0.25) is 0 Å². The zero-order chi connectivity index (χ0) is 13.7. The average Bonchev–Trinajstić information content (AvgIpc) is 2.83. The largest absolute Gasteiger partial charge is 0.380 e. The molecule has 0 radical (unpaired) electrons. The molecule has 0 aliphatic heterocycles. The third-order valence-electron chi connectivity index (χ3n) is 3.05. The molecule has 0 saturated carbocycles. The molecule has 0 aliphatic rings. The van der Waals surface area contributed by atoms with Gasteiger partial charge in [0.1, 0.15) is 12.2 Å². The summed E-state index contributed by atoms with van der Waals surface area (Å²) in [6.45, 7) is 3.53. The predicted molar refractivity (Wildman–Crippen MR) is 73.4 cm³/mol. The van der Waals surface area contributed by atoms with Crippen molar-refractivity contribution in [3.8, 4) is 0 Å². The van der Waals surface area contributed by atoms with Gasteiger partial charge in [0.2, 0.25) is 0 Å². The zero-order valence-electron chi connectivity index (χ0n) is 11.6. The van der Waals surface area contributed by atoms with Gasteiger partial charge < -0.3 is 14.6 Å². The highest BCUT2D eigenvalue weighted by Gasteiger charge is 2.10. The number of aromatic nitrogens is 3. The number of aryl methyl sites for hydroxylation is 1. The van der Waals surface area contributed by atoms with Crippen molar-refractivity contribution >= 4 is 0 Å². The van der Waals surface area contributed by atoms with Crippen LogP contribution in [0.15, 0.2) is 30.6 Å². The molecule has 1 heterocycles. The maximum Gasteiger partial charge on any atom is 0.149 e. The van der Waals surface area contributed by atoms with Gasteiger partial charge in [-0.15, -0.1) is 10.2 Å². The van der Waals surface area contributed by atoms with Gasteiger partial charge in [-0.1, -0.05) is 24.3 Å². The van der Waals surface area contributed by atoms with Crippen LogP contribution < -0.4 is 5.32 Å². The molecule has 1 aromatic heterocycles. The van der Waals surface area contributed by atoms with Crippen molar-refractivity contribution in [3.05, 3.63) is 47.5 Å². The van der Waals surface area contributed by atoms with E-state index in [1.165, 1.54) is 11.1 Å². The van der Waals surface area contributed by atoms with Crippen LogP contribution in [0.4, 0.5) is 0 Å². The van der Waals surface area contributed by atoms with Crippen molar-refractivity contribution in [2.75, 3.05) is 7.11 Å². The Hall–Kier alpha value is -1.72. The van der Waals surface area contributed by atoms with Gasteiger partial charge in [-0.05, 0) is 18.1 Å². The quantitative estimate of drug-likeness (QED) is 0.860. The lowest BCUT2D eigenvalue weighted by Gasteiger charge is -2.13. The minimum atomic E-state index is 0.165. The van der Waals surface area contributed by atoms with Gasteiger partial charge in [-0.2, -0.15) is 0 Å². The van der Waals surface area contributed by atoms with E-state index in [0.29, 0.717) is 6.61 Å². The molecule has 102 valence electrons. The molecule has 0 spiro atoms. The van der Waals surface area contributed by atoms with Gasteiger partial charge in [0, 0.05) is 20.7 Å². The normalized spacial score (nSPS) is 12.6. The second-order valence-corrected chi connectivity index (χ2v) is 4.66. The van der Waals surface area contributed by atoms with Crippen LogP contribution in [0.3, 0.4) is 0 Å². The van der Waals surface area contributed by atoms with Crippen molar-refractivity contribution in [3.63, 3.8) is 0 Å². The molecule has 1 N–H and O–H groups in total. The summed E-state index contributed by atoms with van der Waals surface area (Å²) in [7, 11) is 3.66. The Morgan fingerprint density at radius 2 is 2.16 bits per heavy atom. The Kier molecular flexibility index (Phi) is 4.65. The first-order valence-electron chi connectivity index (χ1n) is 6.34. The van der Waals surface area contributed by atoms with E-state index in [1.807, 2.05) is 11.6 Å². The fourth-order valence-corrected chi connectivity index (χ4v) is 2.04. The van der Waals surface area contributed by atoms with Crippen molar-refractivity contribution in [2.24, 2.45) is 7.05 Å². The van der Waals surface area contributed by atoms with Crippen LogP contribution in [0.5, 0.6) is 0 Å². The highest BCUT2D eigenvalue weighted by molar-refractivity contribution is 5.23. The van der Waals surface area contributed by atoms with E-state index in [2.05, 4.69) is 46.7 Å². The second-order valence-electron chi connectivity index (χ2n) is 4.66. The van der Waals surface area contributed by atoms with Crippen LogP contribution in [0.1, 0.15) is 29.9 Å². The summed E-state index contributed by atoms with van der Waals surface area (Å²) < 4.78 is 7.07. The summed E-state index contributed by atoms with van der Waals surface area (Å²) in [6.07, 6.45) is 1.72. The average molecular weight is 260 g/mol. The van der Waals surface area contributed by atoms with Crippen molar-refractivity contribution in [1.29, 1.82) is 0 Å². The van der Waals surface area contributed by atoms with E-state index in [-0.39, 0.29) is 6.04 Å². The van der Waals surface area contributed by atoms with Crippen molar-refractivity contribution in [2.45, 2.75) is 26.1 Å². The first-order valence-corrected chi connectivity index (χ1v) is 6.34. The Morgan fingerprint density at radius 1 is 1.37 bits per heavy atom. The van der Waals surface area contributed by atoms with E-state index in [1.54, 1.807) is 13.4 Å². The van der Waals surface area contributed by atoms with E-state index < -0.39 is 0 Å². The number of nitrogens with one attached hydrogen (secondary N) is 1. The van der Waals surface area contributed by atoms with Crippen LogP contribution in [-0.2, 0) is 24.9 Å². The van der Waals surface area contributed by atoms with Crippen LogP contribution >= 0.6 is 0 Å². The lowest BCUT2D eigenvalue weighted by atomic mass is 10.1. The van der Waals surface area contributed by atoms with Crippen LogP contribution in [0.2, 0.25) is 0 Å². The summed E-state index contributed by atoms with van der Waals surface area (Å²) in [5, 5.41) is 11.4. The number of nitrogens with zero attached hydrogens (tertiary/aromatic N) is 3. The van der Waals surface area contributed by atoms with Gasteiger partial charge in [0.25, 0.3) is 0 Å². The maximum absolute atomic E-state index is 5.14. The Labute approximate surface area is 113 Å². The number of hydrogen-bond donors (Lipinski definition) is 1. The van der Waals surface area contributed by atoms with E-state index in [9.17, 15) is 0 Å². The summed E-state index contributed by atoms with van der Waals surface area (Å²) in [5.41, 5.74) is 2.43. The first-order chi connectivity index (χ1) is 9.20. The molecule has 19 heavy (non-hydrogen) atoms. The number of rotatable bonds is 6. The molecule has 5 nitrogen and oxygen atoms in total. The zero-order valence-corrected chi connectivity index (χ0v) is 11.6. The lowest BCUT2D eigenvalue weighted by Crippen LogP contribution is -2.21. The first kappa shape index (κ1) is 13.7. The van der Waals surface area contributed by atoms with Crippen LogP contribution in [0.25, 0.3) is 0 Å². The van der Waals surface area contributed by atoms with E-state index in [4.69, 9.17) is 4.74 Å². The molecule has 1 unspecified atom stereocenters. The van der Waals surface area contributed by atoms with Crippen LogP contribution in [-0.4, -0.2) is 21.9 Å². The molecule has 0 fully saturated rings. The molecule has 2 aromatic rings. The number of methoxy groups -OCH3 is 1. The molecule has 1 aromatic carbocycles. The maximum atomic E-state index is 5.14. The van der Waals surface area contributed by atoms with Crippen LogP contribution in [0, 0.1) is 0 Å². The fourth-order valence-electron chi connectivity index (χ4n) is 2.04. The molecular weight excluding hydrogens is 240 g/mol. The highest BCUT2D eigenvalue weighted by atomic mass is 16.5. The second kappa shape index (κ2) is 6.45. The standard InChI is InChI=1S/C14H20N4O/c1-11(14-17-16-10-18(14)2)15-8-12-5-4-6-13(7-12)9-19-3/h4-7,10-11,15H,8-9H2,1-3H3. The topological polar surface area (TPSA) is 52.0 Å². The molecule has 0 bridgehead atoms. The third kappa shape index (κ3) is 3.62. The Bertz CT molecular complexity index is 524. The molecule has 5 heteroatoms. The molecule has 1 atom stereocenters. The van der Waals surface area contributed by atoms with E-state index in [0.717, 1.165) is 12.4 Å². The van der Waals surface area contributed by atoms with Gasteiger partial charge >= 0.3 is 0 Å². The fraction of sp³-hybridized carbons (Fsp3) is 0.429. The minimum Gasteiger partial charge on any atom is -0.380 e. The number of hydrogen-bond acceptors (Lipinski definition) is 4. The summed E-state index contributed by atoms with van der Waals surface area (Å²) in [6, 6.07) is 8.55. The SMILES string of the molecule is COCc1cccc(CNC(C)c2nncn2C)c1. The lowest BCUT2D eigenvalue weighted by molar-refractivity contribution is 0.185. The molecular formula is C14H20N4O. The van der Waals surface area contributed by atoms with Gasteiger partial charge in [0.15, 0.2) is 0 Å². The van der Waals surface area contributed by atoms with Gasteiger partial charge in [-0.25, -0.2) is 0 Å². The Balaban J connectivity index is 1.95. The van der Waals surface area contributed by atoms with Gasteiger partial charge in [0.05, 0.1) is 12.6 Å². The number of benzene rings is 1. The summed E-state index contributed by atoms with van der Waals surface area (Å²) >= 11 is 0. The summed E-state index contributed by atoms with van der Waals surface area (Å²) in [4.78, 5) is 0.